The largest absolute Gasteiger partial charge is 0.389 e. The van der Waals surface area contributed by atoms with Crippen LogP contribution in [0.3, 0.4) is 0 Å². The number of para-hydroxylation sites is 1. The number of hydrogen-bond donors (Lipinski definition) is 1. The molecule has 0 spiro atoms. The summed E-state index contributed by atoms with van der Waals surface area (Å²) in [5.74, 6) is 1.75. The number of nitrogens with zero attached hydrogens (tertiary/aromatic N) is 1. The van der Waals surface area contributed by atoms with Crippen LogP contribution in [-0.2, 0) is 0 Å². The van der Waals surface area contributed by atoms with Gasteiger partial charge >= 0.3 is 0 Å². The van der Waals surface area contributed by atoms with Gasteiger partial charge in [0.1, 0.15) is 0 Å². The van der Waals surface area contributed by atoms with Crippen molar-refractivity contribution in [2.24, 2.45) is 11.8 Å². The summed E-state index contributed by atoms with van der Waals surface area (Å²) in [6, 6.07) is 8.34. The minimum absolute atomic E-state index is 0.372. The van der Waals surface area contributed by atoms with Gasteiger partial charge in [-0.25, -0.2) is 0 Å². The molecule has 1 aromatic carbocycles. The first kappa shape index (κ1) is 12.0. The lowest BCUT2D eigenvalue weighted by molar-refractivity contribution is 0.197. The van der Waals surface area contributed by atoms with Crippen LogP contribution in [0.2, 0.25) is 0 Å². The van der Waals surface area contributed by atoms with Gasteiger partial charge in [0.05, 0.1) is 6.10 Å². The molecule has 0 aromatic heterocycles. The average molecular weight is 245 g/mol. The Bertz CT molecular complexity index is 403. The van der Waals surface area contributed by atoms with Crippen molar-refractivity contribution >= 4 is 5.69 Å². The molecule has 2 heteroatoms. The topological polar surface area (TPSA) is 23.5 Å². The molecule has 0 radical (unpaired) electrons. The van der Waals surface area contributed by atoms with Crippen LogP contribution in [-0.4, -0.2) is 18.2 Å². The molecule has 3 atom stereocenters. The molecule has 1 saturated heterocycles. The van der Waals surface area contributed by atoms with E-state index in [0.717, 1.165) is 17.4 Å². The van der Waals surface area contributed by atoms with E-state index in [4.69, 9.17) is 0 Å². The van der Waals surface area contributed by atoms with Crippen LogP contribution < -0.4 is 4.90 Å². The summed E-state index contributed by atoms with van der Waals surface area (Å²) in [6.07, 6.45) is 5.25. The number of piperidine rings is 1. The van der Waals surface area contributed by atoms with Crippen molar-refractivity contribution in [3.8, 4) is 0 Å². The Balaban J connectivity index is 1.86. The van der Waals surface area contributed by atoms with Crippen molar-refractivity contribution in [1.29, 1.82) is 0 Å². The number of benzene rings is 1. The highest BCUT2D eigenvalue weighted by Gasteiger charge is 2.31. The monoisotopic (exact) mass is 245 g/mol. The summed E-state index contributed by atoms with van der Waals surface area (Å²) in [7, 11) is 0. The lowest BCUT2D eigenvalue weighted by Crippen LogP contribution is -2.43. The van der Waals surface area contributed by atoms with Crippen LogP contribution in [0.25, 0.3) is 0 Å². The Morgan fingerprint density at radius 2 is 1.83 bits per heavy atom. The number of aliphatic hydroxyl groups is 1. The maximum Gasteiger partial charge on any atom is 0.0781 e. The number of rotatable bonds is 2. The first-order chi connectivity index (χ1) is 8.74. The maximum absolute atomic E-state index is 9.91. The van der Waals surface area contributed by atoms with Crippen molar-refractivity contribution in [1.82, 2.24) is 0 Å². The fourth-order valence-corrected chi connectivity index (χ4v) is 3.76. The fraction of sp³-hybridized carbons (Fsp3) is 0.625. The third kappa shape index (κ3) is 2.26. The smallest absolute Gasteiger partial charge is 0.0781 e. The van der Waals surface area contributed by atoms with E-state index < -0.39 is 0 Å². The van der Waals surface area contributed by atoms with E-state index in [0.29, 0.717) is 0 Å². The Labute approximate surface area is 110 Å². The number of hydrogen-bond acceptors (Lipinski definition) is 2. The quantitative estimate of drug-likeness (QED) is 0.863. The van der Waals surface area contributed by atoms with Gasteiger partial charge in [0.15, 0.2) is 0 Å². The Kier molecular flexibility index (Phi) is 3.29. The van der Waals surface area contributed by atoms with Gasteiger partial charge in [0, 0.05) is 24.3 Å². The number of anilines is 1. The summed E-state index contributed by atoms with van der Waals surface area (Å²) in [5, 5.41) is 9.91. The molecule has 1 aliphatic heterocycles. The minimum atomic E-state index is -0.372. The van der Waals surface area contributed by atoms with E-state index in [1.165, 1.54) is 44.5 Å². The normalized spacial score (nSPS) is 29.1. The Hall–Kier alpha value is -1.02. The van der Waals surface area contributed by atoms with Crippen LogP contribution in [0.1, 0.15) is 44.3 Å². The third-order valence-electron chi connectivity index (χ3n) is 4.58. The van der Waals surface area contributed by atoms with Gasteiger partial charge in [-0.05, 0) is 44.1 Å². The highest BCUT2D eigenvalue weighted by atomic mass is 16.3. The summed E-state index contributed by atoms with van der Waals surface area (Å²) in [5.41, 5.74) is 2.33. The summed E-state index contributed by atoms with van der Waals surface area (Å²) >= 11 is 0. The zero-order valence-electron chi connectivity index (χ0n) is 11.2. The lowest BCUT2D eigenvalue weighted by atomic mass is 9.77. The zero-order valence-corrected chi connectivity index (χ0v) is 11.2. The summed E-state index contributed by atoms with van der Waals surface area (Å²) < 4.78 is 0. The molecule has 3 rings (SSSR count). The second-order valence-electron chi connectivity index (χ2n) is 6.04. The van der Waals surface area contributed by atoms with Gasteiger partial charge in [-0.2, -0.15) is 0 Å². The second kappa shape index (κ2) is 4.93. The third-order valence-corrected chi connectivity index (χ3v) is 4.58. The van der Waals surface area contributed by atoms with Crippen LogP contribution in [0.15, 0.2) is 24.3 Å². The highest BCUT2D eigenvalue weighted by Crippen LogP contribution is 2.38. The van der Waals surface area contributed by atoms with E-state index in [2.05, 4.69) is 23.1 Å². The standard InChI is InChI=1S/C16H23NO/c1-12(18)15-7-2-3-8-16(15)17-10-13-5-4-6-14(9-13)11-17/h2-3,7-8,12-14,18H,4-6,9-11H2,1H3/t12-,13?,14?/m0/s1. The molecular formula is C16H23NO. The van der Waals surface area contributed by atoms with Gasteiger partial charge in [-0.3, -0.25) is 0 Å². The van der Waals surface area contributed by atoms with Crippen LogP contribution in [0.4, 0.5) is 5.69 Å². The van der Waals surface area contributed by atoms with Gasteiger partial charge in [0.25, 0.3) is 0 Å². The first-order valence-corrected chi connectivity index (χ1v) is 7.26. The predicted molar refractivity (Wildman–Crippen MR) is 74.7 cm³/mol. The second-order valence-corrected chi connectivity index (χ2v) is 6.04. The molecule has 2 bridgehead atoms. The van der Waals surface area contributed by atoms with Crippen molar-refractivity contribution < 1.29 is 5.11 Å². The molecule has 1 heterocycles. The molecule has 2 unspecified atom stereocenters. The molecule has 2 fully saturated rings. The molecular weight excluding hydrogens is 222 g/mol. The lowest BCUT2D eigenvalue weighted by Gasteiger charge is -2.43. The number of aliphatic hydroxyl groups excluding tert-OH is 1. The molecule has 98 valence electrons. The molecule has 0 amide bonds. The highest BCUT2D eigenvalue weighted by molar-refractivity contribution is 5.55. The Morgan fingerprint density at radius 3 is 2.50 bits per heavy atom. The average Bonchev–Trinajstić information content (AvgIpc) is 2.38. The summed E-state index contributed by atoms with van der Waals surface area (Å²) in [4.78, 5) is 2.51. The molecule has 1 saturated carbocycles. The van der Waals surface area contributed by atoms with Gasteiger partial charge in [-0.15, -0.1) is 0 Å². The van der Waals surface area contributed by atoms with Crippen molar-refractivity contribution in [3.05, 3.63) is 29.8 Å². The maximum atomic E-state index is 9.91. The number of fused-ring (bicyclic) bond motifs is 2. The summed E-state index contributed by atoms with van der Waals surface area (Å²) in [6.45, 7) is 4.23. The van der Waals surface area contributed by atoms with E-state index in [9.17, 15) is 5.11 Å². The van der Waals surface area contributed by atoms with Crippen LogP contribution in [0.5, 0.6) is 0 Å². The first-order valence-electron chi connectivity index (χ1n) is 7.26. The molecule has 2 nitrogen and oxygen atoms in total. The van der Waals surface area contributed by atoms with Crippen molar-refractivity contribution in [2.45, 2.75) is 38.7 Å². The van der Waals surface area contributed by atoms with E-state index >= 15 is 0 Å². The molecule has 2 aliphatic rings. The van der Waals surface area contributed by atoms with Crippen LogP contribution >= 0.6 is 0 Å². The van der Waals surface area contributed by atoms with Gasteiger partial charge in [0.2, 0.25) is 0 Å². The van der Waals surface area contributed by atoms with Crippen molar-refractivity contribution in [2.75, 3.05) is 18.0 Å². The van der Waals surface area contributed by atoms with E-state index in [1.54, 1.807) is 0 Å². The van der Waals surface area contributed by atoms with E-state index in [-0.39, 0.29) is 6.10 Å². The van der Waals surface area contributed by atoms with E-state index in [1.807, 2.05) is 13.0 Å². The van der Waals surface area contributed by atoms with Gasteiger partial charge in [-0.1, -0.05) is 24.6 Å². The van der Waals surface area contributed by atoms with Crippen molar-refractivity contribution in [3.63, 3.8) is 0 Å². The predicted octanol–water partition coefficient (Wildman–Crippen LogP) is 3.37. The van der Waals surface area contributed by atoms with Crippen LogP contribution in [0, 0.1) is 11.8 Å². The SMILES string of the molecule is C[C@H](O)c1ccccc1N1CC2CCCC(C2)C1. The Morgan fingerprint density at radius 1 is 1.17 bits per heavy atom. The molecule has 1 aliphatic carbocycles. The molecule has 1 aromatic rings. The zero-order chi connectivity index (χ0) is 12.5. The molecule has 1 N–H and O–H groups in total. The fourth-order valence-electron chi connectivity index (χ4n) is 3.76. The minimum Gasteiger partial charge on any atom is -0.389 e. The van der Waals surface area contributed by atoms with Gasteiger partial charge < -0.3 is 10.0 Å². The molecule has 18 heavy (non-hydrogen) atoms.